The van der Waals surface area contributed by atoms with Crippen molar-refractivity contribution in [3.8, 4) is 0 Å². The minimum Gasteiger partial charge on any atom is -0.144 e. The van der Waals surface area contributed by atoms with Crippen LogP contribution in [0, 0.1) is 6.07 Å². The van der Waals surface area contributed by atoms with E-state index in [9.17, 15) is 0 Å². The highest BCUT2D eigenvalue weighted by Gasteiger charge is 2.03. The molecule has 0 N–H and O–H groups in total. The number of fused-ring (bicyclic) bond motifs is 1. The summed E-state index contributed by atoms with van der Waals surface area (Å²) in [6.07, 6.45) is 5.44. The third kappa shape index (κ3) is 0.450. The Morgan fingerprint density at radius 2 is 2.62 bits per heavy atom. The lowest BCUT2D eigenvalue weighted by Gasteiger charge is -1.79. The largest absolute Gasteiger partial charge is 0.144 e. The molecule has 0 saturated heterocycles. The van der Waals surface area contributed by atoms with Crippen molar-refractivity contribution in [1.82, 2.24) is 0 Å². The summed E-state index contributed by atoms with van der Waals surface area (Å²) in [5.41, 5.74) is 1.37. The quantitative estimate of drug-likeness (QED) is 0.493. The average Bonchev–Trinajstić information content (AvgIpc) is 2.15. The smallest absolute Gasteiger partial charge is 0.0308 e. The summed E-state index contributed by atoms with van der Waals surface area (Å²) < 4.78 is 0. The van der Waals surface area contributed by atoms with Gasteiger partial charge in [-0.05, 0) is 29.5 Å². The lowest BCUT2D eigenvalue weighted by atomic mass is 10.3. The monoisotopic (exact) mass is 121 g/mol. The topological polar surface area (TPSA) is 0 Å². The van der Waals surface area contributed by atoms with Crippen LogP contribution < -0.4 is 0 Å². The van der Waals surface area contributed by atoms with E-state index in [-0.39, 0.29) is 0 Å². The molecule has 1 aliphatic carbocycles. The van der Waals surface area contributed by atoms with Gasteiger partial charge in [0.15, 0.2) is 0 Å². The summed E-state index contributed by atoms with van der Waals surface area (Å²) >= 11 is 1.77. The van der Waals surface area contributed by atoms with Crippen molar-refractivity contribution < 1.29 is 0 Å². The van der Waals surface area contributed by atoms with Gasteiger partial charge in [0.25, 0.3) is 0 Å². The molecule has 0 bridgehead atoms. The van der Waals surface area contributed by atoms with Gasteiger partial charge < -0.3 is 0 Å². The van der Waals surface area contributed by atoms with Gasteiger partial charge >= 0.3 is 0 Å². The molecule has 8 heavy (non-hydrogen) atoms. The maximum absolute atomic E-state index is 3.17. The van der Waals surface area contributed by atoms with Gasteiger partial charge in [0, 0.05) is 4.88 Å². The van der Waals surface area contributed by atoms with E-state index >= 15 is 0 Å². The number of rotatable bonds is 0. The Morgan fingerprint density at radius 1 is 1.62 bits per heavy atom. The molecule has 0 unspecified atom stereocenters. The molecule has 0 aliphatic heterocycles. The molecule has 0 amide bonds. The van der Waals surface area contributed by atoms with Crippen LogP contribution >= 0.6 is 11.3 Å². The van der Waals surface area contributed by atoms with E-state index in [1.165, 1.54) is 10.4 Å². The van der Waals surface area contributed by atoms with Crippen LogP contribution in [0.4, 0.5) is 0 Å². The van der Waals surface area contributed by atoms with E-state index in [0.717, 1.165) is 6.42 Å². The first-order valence-corrected chi connectivity index (χ1v) is 3.49. The Labute approximate surface area is 52.5 Å². The van der Waals surface area contributed by atoms with E-state index in [1.807, 2.05) is 5.38 Å². The van der Waals surface area contributed by atoms with Crippen molar-refractivity contribution in [3.05, 3.63) is 28.0 Å². The van der Waals surface area contributed by atoms with Crippen LogP contribution in [-0.4, -0.2) is 0 Å². The minimum atomic E-state index is 1.10. The first-order chi connectivity index (χ1) is 3.97. The Balaban J connectivity index is 2.67. The first kappa shape index (κ1) is 4.33. The van der Waals surface area contributed by atoms with Crippen LogP contribution in [0.1, 0.15) is 10.4 Å². The highest BCUT2D eigenvalue weighted by Crippen LogP contribution is 2.23. The molecule has 0 atom stereocenters. The van der Waals surface area contributed by atoms with E-state index in [2.05, 4.69) is 18.2 Å². The highest BCUT2D eigenvalue weighted by atomic mass is 32.1. The van der Waals surface area contributed by atoms with Crippen LogP contribution in [-0.2, 0) is 6.42 Å². The molecule has 0 fully saturated rings. The molecule has 0 spiro atoms. The molecule has 1 heterocycles. The molecular formula is C7H5S. The SMILES string of the molecule is [c]1csc2c1CC=C2. The standard InChI is InChI=1S/C7H5S/c1-2-6-4-5-8-7(6)3-1/h1,3,5H,2H2. The van der Waals surface area contributed by atoms with Gasteiger partial charge in [0.2, 0.25) is 0 Å². The molecular weight excluding hydrogens is 116 g/mol. The van der Waals surface area contributed by atoms with Crippen LogP contribution in [0.25, 0.3) is 6.08 Å². The maximum atomic E-state index is 3.17. The molecule has 1 aromatic heterocycles. The predicted molar refractivity (Wildman–Crippen MR) is 35.9 cm³/mol. The van der Waals surface area contributed by atoms with Gasteiger partial charge in [0.05, 0.1) is 0 Å². The van der Waals surface area contributed by atoms with E-state index in [0.29, 0.717) is 0 Å². The summed E-state index contributed by atoms with van der Waals surface area (Å²) in [5.74, 6) is 0. The third-order valence-electron chi connectivity index (χ3n) is 1.31. The minimum absolute atomic E-state index is 1.10. The summed E-state index contributed by atoms with van der Waals surface area (Å²) in [4.78, 5) is 1.39. The number of hydrogen-bond donors (Lipinski definition) is 0. The second-order valence-corrected chi connectivity index (χ2v) is 2.74. The van der Waals surface area contributed by atoms with Crippen molar-refractivity contribution in [3.63, 3.8) is 0 Å². The Morgan fingerprint density at radius 3 is 3.50 bits per heavy atom. The van der Waals surface area contributed by atoms with Crippen molar-refractivity contribution in [1.29, 1.82) is 0 Å². The fourth-order valence-electron chi connectivity index (χ4n) is 0.890. The van der Waals surface area contributed by atoms with Crippen molar-refractivity contribution in [2.24, 2.45) is 0 Å². The fraction of sp³-hybridized carbons (Fsp3) is 0.143. The van der Waals surface area contributed by atoms with E-state index < -0.39 is 0 Å². The van der Waals surface area contributed by atoms with Crippen LogP contribution in [0.2, 0.25) is 0 Å². The molecule has 1 aliphatic rings. The number of hydrogen-bond acceptors (Lipinski definition) is 1. The molecule has 0 aromatic carbocycles. The Hall–Kier alpha value is -0.560. The number of thiophene rings is 1. The fourth-order valence-corrected chi connectivity index (χ4v) is 1.68. The molecule has 0 saturated carbocycles. The van der Waals surface area contributed by atoms with Gasteiger partial charge in [-0.3, -0.25) is 0 Å². The molecule has 39 valence electrons. The zero-order valence-corrected chi connectivity index (χ0v) is 5.16. The van der Waals surface area contributed by atoms with E-state index in [1.54, 1.807) is 11.3 Å². The molecule has 0 nitrogen and oxygen atoms in total. The Kier molecular flexibility index (Phi) is 0.788. The van der Waals surface area contributed by atoms with Crippen molar-refractivity contribution in [2.45, 2.75) is 6.42 Å². The van der Waals surface area contributed by atoms with Gasteiger partial charge in [-0.2, -0.15) is 0 Å². The zero-order valence-electron chi connectivity index (χ0n) is 4.35. The second kappa shape index (κ2) is 1.46. The van der Waals surface area contributed by atoms with E-state index in [4.69, 9.17) is 0 Å². The zero-order chi connectivity index (χ0) is 5.40. The average molecular weight is 121 g/mol. The summed E-state index contributed by atoms with van der Waals surface area (Å²) in [6.45, 7) is 0. The summed E-state index contributed by atoms with van der Waals surface area (Å²) in [5, 5.41) is 2.02. The van der Waals surface area contributed by atoms with Gasteiger partial charge in [-0.15, -0.1) is 11.3 Å². The summed E-state index contributed by atoms with van der Waals surface area (Å²) in [7, 11) is 0. The molecule has 1 radical (unpaired) electrons. The normalized spacial score (nSPS) is 14.5. The van der Waals surface area contributed by atoms with Crippen molar-refractivity contribution in [2.75, 3.05) is 0 Å². The van der Waals surface area contributed by atoms with Gasteiger partial charge in [-0.25, -0.2) is 0 Å². The lowest BCUT2D eigenvalue weighted by molar-refractivity contribution is 1.33. The third-order valence-corrected chi connectivity index (χ3v) is 2.18. The molecule has 1 aromatic rings. The number of allylic oxidation sites excluding steroid dienone is 1. The first-order valence-electron chi connectivity index (χ1n) is 2.61. The second-order valence-electron chi connectivity index (χ2n) is 1.83. The summed E-state index contributed by atoms with van der Waals surface area (Å²) in [6, 6.07) is 3.17. The van der Waals surface area contributed by atoms with Crippen LogP contribution in [0.15, 0.2) is 11.5 Å². The molecule has 1 heteroatoms. The predicted octanol–water partition coefficient (Wildman–Crippen LogP) is 2.12. The highest BCUT2D eigenvalue weighted by molar-refractivity contribution is 7.11. The Bertz CT molecular complexity index is 220. The lowest BCUT2D eigenvalue weighted by Crippen LogP contribution is -1.68. The van der Waals surface area contributed by atoms with Crippen molar-refractivity contribution >= 4 is 17.4 Å². The molecule has 2 rings (SSSR count). The van der Waals surface area contributed by atoms with Crippen LogP contribution in [0.3, 0.4) is 0 Å². The van der Waals surface area contributed by atoms with Crippen LogP contribution in [0.5, 0.6) is 0 Å². The van der Waals surface area contributed by atoms with Gasteiger partial charge in [0.1, 0.15) is 0 Å². The van der Waals surface area contributed by atoms with Gasteiger partial charge in [-0.1, -0.05) is 6.08 Å². The maximum Gasteiger partial charge on any atom is 0.0308 e.